The van der Waals surface area contributed by atoms with Crippen LogP contribution in [0, 0.1) is 6.92 Å². The standard InChI is InChI=1S/C17H26N2O/c1-12-7-9-14(10-8-12)17(3,4)16(20)19-15-6-5-11-18-13(15)2/h7-10,13,15,18H,5-6,11H2,1-4H3,(H,19,20). The molecule has 0 saturated carbocycles. The van der Waals surface area contributed by atoms with Crippen molar-refractivity contribution in [2.45, 2.75) is 58.0 Å². The Bertz CT molecular complexity index is 464. The van der Waals surface area contributed by atoms with E-state index in [1.165, 1.54) is 5.56 Å². The van der Waals surface area contributed by atoms with E-state index in [1.54, 1.807) is 0 Å². The fraction of sp³-hybridized carbons (Fsp3) is 0.588. The van der Waals surface area contributed by atoms with Gasteiger partial charge in [-0.25, -0.2) is 0 Å². The number of aryl methyl sites for hydroxylation is 1. The van der Waals surface area contributed by atoms with Crippen molar-refractivity contribution in [2.75, 3.05) is 6.54 Å². The van der Waals surface area contributed by atoms with E-state index in [1.807, 2.05) is 13.8 Å². The Hall–Kier alpha value is -1.35. The van der Waals surface area contributed by atoms with Crippen molar-refractivity contribution in [2.24, 2.45) is 0 Å². The maximum absolute atomic E-state index is 12.6. The van der Waals surface area contributed by atoms with E-state index in [9.17, 15) is 4.79 Å². The Morgan fingerprint density at radius 2 is 1.95 bits per heavy atom. The average molecular weight is 274 g/mol. The zero-order valence-corrected chi connectivity index (χ0v) is 13.0. The van der Waals surface area contributed by atoms with Crippen LogP contribution in [0.1, 0.15) is 44.7 Å². The van der Waals surface area contributed by atoms with E-state index < -0.39 is 5.41 Å². The summed E-state index contributed by atoms with van der Waals surface area (Å²) in [5.41, 5.74) is 1.79. The molecule has 0 aromatic heterocycles. The van der Waals surface area contributed by atoms with Crippen LogP contribution in [-0.2, 0) is 10.2 Å². The molecule has 1 aromatic carbocycles. The summed E-state index contributed by atoms with van der Waals surface area (Å²) < 4.78 is 0. The molecule has 3 nitrogen and oxygen atoms in total. The predicted octanol–water partition coefficient (Wildman–Crippen LogP) is 2.53. The largest absolute Gasteiger partial charge is 0.351 e. The van der Waals surface area contributed by atoms with Crippen molar-refractivity contribution >= 4 is 5.91 Å². The second-order valence-electron chi connectivity index (χ2n) is 6.46. The number of nitrogens with one attached hydrogen (secondary N) is 2. The lowest BCUT2D eigenvalue weighted by Gasteiger charge is -2.34. The molecule has 1 aliphatic heterocycles. The van der Waals surface area contributed by atoms with Crippen LogP contribution in [0.3, 0.4) is 0 Å². The van der Waals surface area contributed by atoms with E-state index in [0.29, 0.717) is 6.04 Å². The SMILES string of the molecule is Cc1ccc(C(C)(C)C(=O)NC2CCCNC2C)cc1. The summed E-state index contributed by atoms with van der Waals surface area (Å²) in [5.74, 6) is 0.113. The minimum atomic E-state index is -0.495. The van der Waals surface area contributed by atoms with Gasteiger partial charge in [0.1, 0.15) is 0 Å². The lowest BCUT2D eigenvalue weighted by molar-refractivity contribution is -0.126. The highest BCUT2D eigenvalue weighted by Crippen LogP contribution is 2.24. The van der Waals surface area contributed by atoms with Crippen molar-refractivity contribution in [1.29, 1.82) is 0 Å². The Kier molecular flexibility index (Phi) is 4.48. The van der Waals surface area contributed by atoms with Crippen LogP contribution in [0.15, 0.2) is 24.3 Å². The number of rotatable bonds is 3. The molecule has 1 fully saturated rings. The summed E-state index contributed by atoms with van der Waals surface area (Å²) in [7, 11) is 0. The summed E-state index contributed by atoms with van der Waals surface area (Å²) in [6, 6.07) is 8.82. The number of carbonyl (C=O) groups excluding carboxylic acids is 1. The van der Waals surface area contributed by atoms with Gasteiger partial charge in [-0.1, -0.05) is 29.8 Å². The minimum absolute atomic E-state index is 0.113. The average Bonchev–Trinajstić information content (AvgIpc) is 2.41. The van der Waals surface area contributed by atoms with Crippen molar-refractivity contribution < 1.29 is 4.79 Å². The lowest BCUT2D eigenvalue weighted by atomic mass is 9.82. The van der Waals surface area contributed by atoms with Crippen LogP contribution in [-0.4, -0.2) is 24.5 Å². The zero-order valence-electron chi connectivity index (χ0n) is 13.0. The van der Waals surface area contributed by atoms with E-state index in [0.717, 1.165) is 24.9 Å². The van der Waals surface area contributed by atoms with Gasteiger partial charge in [0, 0.05) is 12.1 Å². The molecule has 2 atom stereocenters. The first kappa shape index (κ1) is 15.0. The van der Waals surface area contributed by atoms with Crippen LogP contribution >= 0.6 is 0 Å². The van der Waals surface area contributed by atoms with Crippen molar-refractivity contribution in [3.63, 3.8) is 0 Å². The van der Waals surface area contributed by atoms with Crippen LogP contribution in [0.25, 0.3) is 0 Å². The van der Waals surface area contributed by atoms with Gasteiger partial charge in [-0.3, -0.25) is 4.79 Å². The first-order chi connectivity index (χ1) is 9.41. The number of amides is 1. The van der Waals surface area contributed by atoms with Crippen molar-refractivity contribution in [1.82, 2.24) is 10.6 Å². The summed E-state index contributed by atoms with van der Waals surface area (Å²) in [4.78, 5) is 12.6. The van der Waals surface area contributed by atoms with E-state index in [2.05, 4.69) is 48.7 Å². The predicted molar refractivity (Wildman–Crippen MR) is 82.8 cm³/mol. The highest BCUT2D eigenvalue weighted by molar-refractivity contribution is 5.87. The van der Waals surface area contributed by atoms with E-state index >= 15 is 0 Å². The number of piperidine rings is 1. The molecule has 1 heterocycles. The molecule has 0 aliphatic carbocycles. The van der Waals surface area contributed by atoms with Gasteiger partial charge in [-0.15, -0.1) is 0 Å². The van der Waals surface area contributed by atoms with Crippen molar-refractivity contribution in [3.05, 3.63) is 35.4 Å². The van der Waals surface area contributed by atoms with E-state index in [-0.39, 0.29) is 11.9 Å². The molecule has 20 heavy (non-hydrogen) atoms. The van der Waals surface area contributed by atoms with Gasteiger partial charge < -0.3 is 10.6 Å². The lowest BCUT2D eigenvalue weighted by Crippen LogP contribution is -2.55. The molecular weight excluding hydrogens is 248 g/mol. The molecule has 0 spiro atoms. The number of benzene rings is 1. The Labute approximate surface area is 122 Å². The molecule has 2 N–H and O–H groups in total. The zero-order chi connectivity index (χ0) is 14.8. The van der Waals surface area contributed by atoms with Gasteiger partial charge in [-0.05, 0) is 52.6 Å². The van der Waals surface area contributed by atoms with Gasteiger partial charge in [0.25, 0.3) is 0 Å². The molecule has 0 bridgehead atoms. The first-order valence-corrected chi connectivity index (χ1v) is 7.53. The second kappa shape index (κ2) is 5.96. The smallest absolute Gasteiger partial charge is 0.230 e. The summed E-state index contributed by atoms with van der Waals surface area (Å²) in [5, 5.41) is 6.64. The molecule has 2 rings (SSSR count). The summed E-state index contributed by atoms with van der Waals surface area (Å²) in [6.07, 6.45) is 2.18. The van der Waals surface area contributed by atoms with E-state index in [4.69, 9.17) is 0 Å². The van der Waals surface area contributed by atoms with Crippen molar-refractivity contribution in [3.8, 4) is 0 Å². The molecule has 1 aliphatic rings. The van der Waals surface area contributed by atoms with Gasteiger partial charge in [0.05, 0.1) is 5.41 Å². The van der Waals surface area contributed by atoms with Crippen LogP contribution in [0.4, 0.5) is 0 Å². The monoisotopic (exact) mass is 274 g/mol. The maximum atomic E-state index is 12.6. The molecule has 1 amide bonds. The first-order valence-electron chi connectivity index (χ1n) is 7.53. The Balaban J connectivity index is 2.08. The third kappa shape index (κ3) is 3.21. The highest BCUT2D eigenvalue weighted by atomic mass is 16.2. The van der Waals surface area contributed by atoms with Gasteiger partial charge in [0.2, 0.25) is 5.91 Å². The number of carbonyl (C=O) groups is 1. The quantitative estimate of drug-likeness (QED) is 0.889. The normalized spacial score (nSPS) is 23.4. The summed E-state index contributed by atoms with van der Waals surface area (Å²) in [6.45, 7) is 9.24. The number of hydrogen-bond donors (Lipinski definition) is 2. The summed E-state index contributed by atoms with van der Waals surface area (Å²) >= 11 is 0. The highest BCUT2D eigenvalue weighted by Gasteiger charge is 2.32. The second-order valence-corrected chi connectivity index (χ2v) is 6.46. The molecule has 110 valence electrons. The molecule has 2 unspecified atom stereocenters. The van der Waals surface area contributed by atoms with Crippen LogP contribution < -0.4 is 10.6 Å². The molecule has 3 heteroatoms. The third-order valence-corrected chi connectivity index (χ3v) is 4.42. The van der Waals surface area contributed by atoms with Gasteiger partial charge in [-0.2, -0.15) is 0 Å². The minimum Gasteiger partial charge on any atom is -0.351 e. The molecular formula is C17H26N2O. The topological polar surface area (TPSA) is 41.1 Å². The Morgan fingerprint density at radius 1 is 1.30 bits per heavy atom. The molecule has 1 aromatic rings. The maximum Gasteiger partial charge on any atom is 0.230 e. The molecule has 0 radical (unpaired) electrons. The number of hydrogen-bond acceptors (Lipinski definition) is 2. The van der Waals surface area contributed by atoms with Crippen LogP contribution in [0.2, 0.25) is 0 Å². The third-order valence-electron chi connectivity index (χ3n) is 4.42. The van der Waals surface area contributed by atoms with Crippen LogP contribution in [0.5, 0.6) is 0 Å². The Morgan fingerprint density at radius 3 is 2.55 bits per heavy atom. The fourth-order valence-corrected chi connectivity index (χ4v) is 2.69. The fourth-order valence-electron chi connectivity index (χ4n) is 2.69. The van der Waals surface area contributed by atoms with Gasteiger partial charge >= 0.3 is 0 Å². The van der Waals surface area contributed by atoms with Gasteiger partial charge in [0.15, 0.2) is 0 Å². The molecule has 1 saturated heterocycles.